The molecule has 0 saturated heterocycles. The molecule has 2 aromatic heterocycles. The van der Waals surface area contributed by atoms with Crippen LogP contribution in [0.15, 0.2) is 76.6 Å². The number of nitrogens with one attached hydrogen (secondary N) is 2. The molecule has 4 rings (SSSR count). The van der Waals surface area contributed by atoms with Gasteiger partial charge in [0.15, 0.2) is 0 Å². The van der Waals surface area contributed by atoms with E-state index < -0.39 is 0 Å². The Kier molecular flexibility index (Phi) is 4.93. The van der Waals surface area contributed by atoms with Crippen LogP contribution in [0, 0.1) is 0 Å². The van der Waals surface area contributed by atoms with Crippen LogP contribution in [0.1, 0.15) is 11.5 Å². The second kappa shape index (κ2) is 7.84. The van der Waals surface area contributed by atoms with Gasteiger partial charge in [0, 0.05) is 11.4 Å². The van der Waals surface area contributed by atoms with Crippen LogP contribution in [0.25, 0.3) is 10.7 Å². The summed E-state index contributed by atoms with van der Waals surface area (Å²) in [6.07, 6.45) is 0.431. The summed E-state index contributed by atoms with van der Waals surface area (Å²) < 4.78 is 5.37. The number of aromatic nitrogens is 2. The minimum absolute atomic E-state index is 0.307. The van der Waals surface area contributed by atoms with Gasteiger partial charge >= 0.3 is 6.03 Å². The summed E-state index contributed by atoms with van der Waals surface area (Å²) in [5.74, 6) is 1.07. The maximum Gasteiger partial charge on any atom is 0.323 e. The fourth-order valence-corrected chi connectivity index (χ4v) is 3.25. The number of thiophene rings is 1. The van der Waals surface area contributed by atoms with Crippen molar-refractivity contribution in [3.8, 4) is 10.7 Å². The van der Waals surface area contributed by atoms with E-state index in [0.717, 1.165) is 16.1 Å². The zero-order valence-electron chi connectivity index (χ0n) is 14.3. The molecular weight excluding hydrogens is 360 g/mol. The molecule has 0 radical (unpaired) electrons. The molecule has 0 aliphatic carbocycles. The first kappa shape index (κ1) is 17.0. The molecule has 134 valence electrons. The van der Waals surface area contributed by atoms with Crippen molar-refractivity contribution in [3.05, 3.63) is 83.6 Å². The number of nitrogens with zero attached hydrogens (tertiary/aromatic N) is 2. The number of urea groups is 1. The summed E-state index contributed by atoms with van der Waals surface area (Å²) in [5, 5.41) is 11.7. The molecule has 0 aliphatic heterocycles. The first-order chi connectivity index (χ1) is 13.3. The van der Waals surface area contributed by atoms with Crippen molar-refractivity contribution in [2.75, 3.05) is 10.6 Å². The Morgan fingerprint density at radius 1 is 0.963 bits per heavy atom. The van der Waals surface area contributed by atoms with Gasteiger partial charge in [-0.05, 0) is 35.2 Å². The second-order valence-electron chi connectivity index (χ2n) is 5.77. The van der Waals surface area contributed by atoms with Gasteiger partial charge in [0.1, 0.15) is 0 Å². The Bertz CT molecular complexity index is 1030. The van der Waals surface area contributed by atoms with E-state index in [9.17, 15) is 4.79 Å². The van der Waals surface area contributed by atoms with Crippen molar-refractivity contribution in [1.82, 2.24) is 10.1 Å². The fraction of sp³-hybridized carbons (Fsp3) is 0.0500. The average molecular weight is 376 g/mol. The standard InChI is InChI=1S/C20H16N4O2S/c25-20(21-15-8-2-1-3-9-15)22-16-10-5-4-7-14(16)13-18-23-19(24-26-18)17-11-6-12-27-17/h1-12H,13H2,(H2,21,22,25). The van der Waals surface area contributed by atoms with Gasteiger partial charge in [0.05, 0.1) is 11.3 Å². The molecule has 2 heterocycles. The van der Waals surface area contributed by atoms with Gasteiger partial charge in [-0.25, -0.2) is 4.79 Å². The normalized spacial score (nSPS) is 10.5. The zero-order valence-corrected chi connectivity index (χ0v) is 15.1. The lowest BCUT2D eigenvalue weighted by atomic mass is 10.1. The first-order valence-electron chi connectivity index (χ1n) is 8.35. The largest absolute Gasteiger partial charge is 0.339 e. The molecule has 2 amide bonds. The average Bonchev–Trinajstić information content (AvgIpc) is 3.36. The number of benzene rings is 2. The van der Waals surface area contributed by atoms with Crippen molar-refractivity contribution < 1.29 is 9.32 Å². The molecule has 7 heteroatoms. The van der Waals surface area contributed by atoms with Crippen LogP contribution in [0.5, 0.6) is 0 Å². The summed E-state index contributed by atoms with van der Waals surface area (Å²) in [5.41, 5.74) is 2.31. The quantitative estimate of drug-likeness (QED) is 0.512. The lowest BCUT2D eigenvalue weighted by Gasteiger charge is -2.11. The molecular formula is C20H16N4O2S. The number of amides is 2. The minimum atomic E-state index is -0.307. The Hall–Kier alpha value is -3.45. The molecule has 0 atom stereocenters. The summed E-state index contributed by atoms with van der Waals surface area (Å²) in [6, 6.07) is 20.4. The predicted molar refractivity (Wildman–Crippen MR) is 106 cm³/mol. The SMILES string of the molecule is O=C(Nc1ccccc1)Nc1ccccc1Cc1nc(-c2cccs2)no1. The highest BCUT2D eigenvalue weighted by atomic mass is 32.1. The maximum atomic E-state index is 12.3. The zero-order chi connectivity index (χ0) is 18.5. The van der Waals surface area contributed by atoms with Crippen molar-refractivity contribution in [2.24, 2.45) is 0 Å². The number of para-hydroxylation sites is 2. The molecule has 0 aliphatic rings. The monoisotopic (exact) mass is 376 g/mol. The molecule has 2 aromatic carbocycles. The van der Waals surface area contributed by atoms with Crippen LogP contribution in [-0.4, -0.2) is 16.2 Å². The van der Waals surface area contributed by atoms with Gasteiger partial charge in [-0.2, -0.15) is 4.98 Å². The van der Waals surface area contributed by atoms with Gasteiger partial charge in [-0.3, -0.25) is 0 Å². The van der Waals surface area contributed by atoms with Crippen LogP contribution in [0.3, 0.4) is 0 Å². The highest BCUT2D eigenvalue weighted by Crippen LogP contribution is 2.23. The third-order valence-electron chi connectivity index (χ3n) is 3.85. The van der Waals surface area contributed by atoms with Crippen LogP contribution in [-0.2, 0) is 6.42 Å². The van der Waals surface area contributed by atoms with Gasteiger partial charge < -0.3 is 15.2 Å². The summed E-state index contributed by atoms with van der Waals surface area (Å²) >= 11 is 1.56. The van der Waals surface area contributed by atoms with Crippen molar-refractivity contribution in [1.29, 1.82) is 0 Å². The second-order valence-corrected chi connectivity index (χ2v) is 6.72. The Morgan fingerprint density at radius 2 is 1.78 bits per heavy atom. The van der Waals surface area contributed by atoms with E-state index in [2.05, 4.69) is 20.8 Å². The Balaban J connectivity index is 1.47. The Morgan fingerprint density at radius 3 is 2.59 bits per heavy atom. The summed E-state index contributed by atoms with van der Waals surface area (Å²) in [4.78, 5) is 17.7. The third-order valence-corrected chi connectivity index (χ3v) is 4.71. The van der Waals surface area contributed by atoms with Gasteiger partial charge in [-0.15, -0.1) is 11.3 Å². The molecule has 0 fully saturated rings. The molecule has 6 nitrogen and oxygen atoms in total. The number of anilines is 2. The Labute approximate surface area is 159 Å². The molecule has 0 spiro atoms. The minimum Gasteiger partial charge on any atom is -0.339 e. The van der Waals surface area contributed by atoms with Crippen LogP contribution < -0.4 is 10.6 Å². The lowest BCUT2D eigenvalue weighted by Crippen LogP contribution is -2.20. The third kappa shape index (κ3) is 4.21. The van der Waals surface area contributed by atoms with E-state index in [0.29, 0.717) is 23.8 Å². The van der Waals surface area contributed by atoms with E-state index in [1.807, 2.05) is 72.1 Å². The van der Waals surface area contributed by atoms with E-state index in [4.69, 9.17) is 4.52 Å². The summed E-state index contributed by atoms with van der Waals surface area (Å²) in [7, 11) is 0. The van der Waals surface area contributed by atoms with Crippen molar-refractivity contribution in [2.45, 2.75) is 6.42 Å². The number of carbonyl (C=O) groups is 1. The smallest absolute Gasteiger partial charge is 0.323 e. The van der Waals surface area contributed by atoms with Crippen molar-refractivity contribution in [3.63, 3.8) is 0 Å². The first-order valence-corrected chi connectivity index (χ1v) is 9.23. The van der Waals surface area contributed by atoms with E-state index >= 15 is 0 Å². The maximum absolute atomic E-state index is 12.3. The van der Waals surface area contributed by atoms with Gasteiger partial charge in [0.25, 0.3) is 0 Å². The number of hydrogen-bond acceptors (Lipinski definition) is 5. The summed E-state index contributed by atoms with van der Waals surface area (Å²) in [6.45, 7) is 0. The van der Waals surface area contributed by atoms with Crippen LogP contribution in [0.2, 0.25) is 0 Å². The molecule has 2 N–H and O–H groups in total. The highest BCUT2D eigenvalue weighted by molar-refractivity contribution is 7.13. The van der Waals surface area contributed by atoms with Crippen molar-refractivity contribution >= 4 is 28.7 Å². The van der Waals surface area contributed by atoms with Crippen LogP contribution >= 0.6 is 11.3 Å². The van der Waals surface area contributed by atoms with Gasteiger partial charge in [-0.1, -0.05) is 47.6 Å². The molecule has 4 aromatic rings. The predicted octanol–water partition coefficient (Wildman–Crippen LogP) is 5.03. The van der Waals surface area contributed by atoms with Crippen LogP contribution in [0.4, 0.5) is 16.2 Å². The van der Waals surface area contributed by atoms with E-state index in [-0.39, 0.29) is 6.03 Å². The van der Waals surface area contributed by atoms with Gasteiger partial charge in [0.2, 0.25) is 11.7 Å². The molecule has 0 unspecified atom stereocenters. The number of carbonyl (C=O) groups excluding carboxylic acids is 1. The number of rotatable bonds is 5. The molecule has 27 heavy (non-hydrogen) atoms. The highest BCUT2D eigenvalue weighted by Gasteiger charge is 2.13. The topological polar surface area (TPSA) is 80.0 Å². The molecule has 0 bridgehead atoms. The lowest BCUT2D eigenvalue weighted by molar-refractivity contribution is 0.262. The fourth-order valence-electron chi connectivity index (χ4n) is 2.60. The number of hydrogen-bond donors (Lipinski definition) is 2. The van der Waals surface area contributed by atoms with E-state index in [1.165, 1.54) is 0 Å². The molecule has 0 saturated carbocycles. The van der Waals surface area contributed by atoms with E-state index in [1.54, 1.807) is 11.3 Å².